The fraction of sp³-hybridized carbons (Fsp3) is 0.130. The van der Waals surface area contributed by atoms with E-state index in [0.717, 1.165) is 11.3 Å². The van der Waals surface area contributed by atoms with Gasteiger partial charge in [-0.25, -0.2) is 9.59 Å². The summed E-state index contributed by atoms with van der Waals surface area (Å²) in [6.07, 6.45) is 0. The van der Waals surface area contributed by atoms with Crippen LogP contribution in [0.2, 0.25) is 5.02 Å². The van der Waals surface area contributed by atoms with E-state index in [4.69, 9.17) is 26.8 Å². The van der Waals surface area contributed by atoms with Gasteiger partial charge in [0.2, 0.25) is 5.91 Å². The number of amides is 2. The van der Waals surface area contributed by atoms with Crippen LogP contribution in [-0.4, -0.2) is 37.0 Å². The molecule has 0 saturated heterocycles. The van der Waals surface area contributed by atoms with Crippen molar-refractivity contribution in [1.82, 2.24) is 0 Å². The first kappa shape index (κ1) is 24.0. The van der Waals surface area contributed by atoms with Gasteiger partial charge in [-0.15, -0.1) is 11.3 Å². The van der Waals surface area contributed by atoms with E-state index in [1.54, 1.807) is 36.6 Å². The minimum absolute atomic E-state index is 0.149. The molecule has 1 heterocycles. The molecule has 0 atom stereocenters. The first-order valence-electron chi connectivity index (χ1n) is 9.72. The van der Waals surface area contributed by atoms with Gasteiger partial charge in [-0.05, 0) is 37.3 Å². The van der Waals surface area contributed by atoms with Crippen molar-refractivity contribution in [3.05, 3.63) is 75.6 Å². The highest BCUT2D eigenvalue weighted by Gasteiger charge is 2.24. The van der Waals surface area contributed by atoms with Crippen LogP contribution >= 0.6 is 22.9 Å². The zero-order valence-corrected chi connectivity index (χ0v) is 19.0. The summed E-state index contributed by atoms with van der Waals surface area (Å²) in [4.78, 5) is 48.3. The average molecular weight is 487 g/mol. The second-order valence-corrected chi connectivity index (χ2v) is 7.91. The van der Waals surface area contributed by atoms with E-state index < -0.39 is 30.4 Å². The second kappa shape index (κ2) is 10.8. The van der Waals surface area contributed by atoms with Crippen molar-refractivity contribution in [2.24, 2.45) is 5.73 Å². The zero-order chi connectivity index (χ0) is 24.0. The Morgan fingerprint density at radius 1 is 0.939 bits per heavy atom. The van der Waals surface area contributed by atoms with E-state index in [2.05, 4.69) is 5.32 Å². The predicted molar refractivity (Wildman–Crippen MR) is 125 cm³/mol. The van der Waals surface area contributed by atoms with Gasteiger partial charge >= 0.3 is 11.9 Å². The van der Waals surface area contributed by atoms with Crippen molar-refractivity contribution in [2.75, 3.05) is 18.5 Å². The fourth-order valence-corrected chi connectivity index (χ4v) is 4.08. The molecule has 170 valence electrons. The molecule has 1 aromatic heterocycles. The minimum atomic E-state index is -0.755. The third kappa shape index (κ3) is 5.76. The number of primary amides is 1. The maximum absolute atomic E-state index is 12.6. The second-order valence-electron chi connectivity index (χ2n) is 6.62. The molecule has 3 rings (SSSR count). The van der Waals surface area contributed by atoms with Gasteiger partial charge in [0.05, 0.1) is 12.2 Å². The molecule has 0 radical (unpaired) electrons. The number of carbonyl (C=O) groups excluding carboxylic acids is 4. The lowest BCUT2D eigenvalue weighted by Crippen LogP contribution is -2.22. The Bertz CT molecular complexity index is 1210. The number of esters is 2. The SMILES string of the molecule is CCOC(=O)c1c(-c2ccccc2Cl)csc1NC(=O)COC(=O)c1ccc(C(N)=O)cc1. The van der Waals surface area contributed by atoms with Gasteiger partial charge < -0.3 is 20.5 Å². The van der Waals surface area contributed by atoms with Crippen molar-refractivity contribution in [2.45, 2.75) is 6.92 Å². The quantitative estimate of drug-likeness (QED) is 0.461. The van der Waals surface area contributed by atoms with E-state index in [0.29, 0.717) is 16.1 Å². The Balaban J connectivity index is 1.73. The van der Waals surface area contributed by atoms with E-state index in [1.807, 2.05) is 0 Å². The molecule has 0 saturated carbocycles. The van der Waals surface area contributed by atoms with E-state index >= 15 is 0 Å². The van der Waals surface area contributed by atoms with Gasteiger partial charge in [0, 0.05) is 27.1 Å². The molecule has 3 aromatic rings. The van der Waals surface area contributed by atoms with Gasteiger partial charge in [0.1, 0.15) is 10.6 Å². The molecule has 0 fully saturated rings. The lowest BCUT2D eigenvalue weighted by atomic mass is 10.0. The molecule has 3 N–H and O–H groups in total. The first-order valence-corrected chi connectivity index (χ1v) is 11.0. The number of hydrogen-bond acceptors (Lipinski definition) is 7. The molecule has 0 aliphatic carbocycles. The van der Waals surface area contributed by atoms with Crippen LogP contribution < -0.4 is 11.1 Å². The van der Waals surface area contributed by atoms with Crippen molar-refractivity contribution >= 4 is 51.7 Å². The van der Waals surface area contributed by atoms with E-state index in [-0.39, 0.29) is 28.3 Å². The monoisotopic (exact) mass is 486 g/mol. The van der Waals surface area contributed by atoms with Crippen LogP contribution in [0.4, 0.5) is 5.00 Å². The number of nitrogens with two attached hydrogens (primary N) is 1. The lowest BCUT2D eigenvalue weighted by Gasteiger charge is -2.10. The van der Waals surface area contributed by atoms with Crippen molar-refractivity contribution in [3.8, 4) is 11.1 Å². The fourth-order valence-electron chi connectivity index (χ4n) is 2.88. The standard InChI is InChI=1S/C23H19ClN2O6S/c1-2-31-23(30)19-16(15-5-3-4-6-17(15)24)12-33-21(19)26-18(27)11-32-22(29)14-9-7-13(8-10-14)20(25)28/h3-10,12H,2,11H2,1H3,(H2,25,28)(H,26,27). The molecule has 2 amide bonds. The number of nitrogens with one attached hydrogen (secondary N) is 1. The molecule has 0 aliphatic rings. The van der Waals surface area contributed by atoms with Gasteiger partial charge in [0.25, 0.3) is 5.91 Å². The van der Waals surface area contributed by atoms with Gasteiger partial charge in [0.15, 0.2) is 6.61 Å². The third-order valence-corrected chi connectivity index (χ3v) is 5.65. The Morgan fingerprint density at radius 2 is 1.61 bits per heavy atom. The zero-order valence-electron chi connectivity index (χ0n) is 17.4. The maximum Gasteiger partial charge on any atom is 0.341 e. The normalized spacial score (nSPS) is 10.4. The highest BCUT2D eigenvalue weighted by atomic mass is 35.5. The maximum atomic E-state index is 12.6. The van der Waals surface area contributed by atoms with E-state index in [1.165, 1.54) is 24.3 Å². The summed E-state index contributed by atoms with van der Waals surface area (Å²) < 4.78 is 10.2. The highest BCUT2D eigenvalue weighted by Crippen LogP contribution is 2.39. The van der Waals surface area contributed by atoms with Crippen LogP contribution in [0.5, 0.6) is 0 Å². The van der Waals surface area contributed by atoms with Gasteiger partial charge in [-0.1, -0.05) is 29.8 Å². The molecular weight excluding hydrogens is 468 g/mol. The summed E-state index contributed by atoms with van der Waals surface area (Å²) in [5, 5.41) is 4.96. The Labute approximate surface area is 198 Å². The summed E-state index contributed by atoms with van der Waals surface area (Å²) in [7, 11) is 0. The number of rotatable bonds is 8. The Kier molecular flexibility index (Phi) is 7.81. The van der Waals surface area contributed by atoms with Gasteiger partial charge in [-0.3, -0.25) is 9.59 Å². The summed E-state index contributed by atoms with van der Waals surface area (Å²) in [6.45, 7) is 1.24. The number of halogens is 1. The smallest absolute Gasteiger partial charge is 0.341 e. The van der Waals surface area contributed by atoms with Crippen LogP contribution in [0.25, 0.3) is 11.1 Å². The number of carbonyl (C=O) groups is 4. The number of thiophene rings is 1. The molecular formula is C23H19ClN2O6S. The number of ether oxygens (including phenoxy) is 2. The number of hydrogen-bond donors (Lipinski definition) is 2. The van der Waals surface area contributed by atoms with Crippen molar-refractivity contribution < 1.29 is 28.7 Å². The summed E-state index contributed by atoms with van der Waals surface area (Å²) >= 11 is 7.40. The first-order chi connectivity index (χ1) is 15.8. The van der Waals surface area contributed by atoms with Crippen molar-refractivity contribution in [3.63, 3.8) is 0 Å². The van der Waals surface area contributed by atoms with Crippen LogP contribution in [0, 0.1) is 0 Å². The summed E-state index contributed by atoms with van der Waals surface area (Å²) in [5.41, 5.74) is 6.85. The molecule has 0 unspecified atom stereocenters. The number of anilines is 1. The Hall–Kier alpha value is -3.69. The molecule has 0 spiro atoms. The molecule has 2 aromatic carbocycles. The van der Waals surface area contributed by atoms with Crippen LogP contribution in [0.15, 0.2) is 53.9 Å². The summed E-state index contributed by atoms with van der Waals surface area (Å²) in [5.74, 6) is -2.64. The van der Waals surface area contributed by atoms with Crippen LogP contribution in [0.3, 0.4) is 0 Å². The van der Waals surface area contributed by atoms with E-state index in [9.17, 15) is 19.2 Å². The lowest BCUT2D eigenvalue weighted by molar-refractivity contribution is -0.119. The van der Waals surface area contributed by atoms with Gasteiger partial charge in [-0.2, -0.15) is 0 Å². The van der Waals surface area contributed by atoms with Crippen LogP contribution in [0.1, 0.15) is 38.0 Å². The molecule has 10 heteroatoms. The molecule has 0 aliphatic heterocycles. The minimum Gasteiger partial charge on any atom is -0.462 e. The average Bonchev–Trinajstić information content (AvgIpc) is 3.21. The number of benzene rings is 2. The molecule has 0 bridgehead atoms. The molecule has 8 nitrogen and oxygen atoms in total. The third-order valence-electron chi connectivity index (χ3n) is 4.43. The highest BCUT2D eigenvalue weighted by molar-refractivity contribution is 7.15. The molecule has 33 heavy (non-hydrogen) atoms. The van der Waals surface area contributed by atoms with Crippen LogP contribution in [-0.2, 0) is 14.3 Å². The predicted octanol–water partition coefficient (Wildman–Crippen LogP) is 4.14. The Morgan fingerprint density at radius 3 is 2.24 bits per heavy atom. The topological polar surface area (TPSA) is 125 Å². The summed E-state index contributed by atoms with van der Waals surface area (Å²) in [6, 6.07) is 12.5. The van der Waals surface area contributed by atoms with Crippen molar-refractivity contribution in [1.29, 1.82) is 0 Å². The largest absolute Gasteiger partial charge is 0.462 e.